The number of carbonyl (C=O) groups excluding carboxylic acids is 1. The van der Waals surface area contributed by atoms with Crippen LogP contribution in [0.4, 0.5) is 0 Å². The van der Waals surface area contributed by atoms with Crippen molar-refractivity contribution in [2.24, 2.45) is 0 Å². The van der Waals surface area contributed by atoms with E-state index in [1.807, 2.05) is 13.8 Å². The number of hydrogen-bond acceptors (Lipinski definition) is 5. The van der Waals surface area contributed by atoms with Crippen LogP contribution in [0.5, 0.6) is 0 Å². The number of hydrogen-bond donors (Lipinski definition) is 1. The van der Waals surface area contributed by atoms with Crippen LogP contribution in [0.25, 0.3) is 0 Å². The highest BCUT2D eigenvalue weighted by molar-refractivity contribution is 7.99. The van der Waals surface area contributed by atoms with Gasteiger partial charge < -0.3 is 9.88 Å². The molecule has 0 aliphatic carbocycles. The van der Waals surface area contributed by atoms with Crippen molar-refractivity contribution in [3.63, 3.8) is 0 Å². The summed E-state index contributed by atoms with van der Waals surface area (Å²) >= 11 is 3.00. The van der Waals surface area contributed by atoms with Crippen molar-refractivity contribution < 1.29 is 4.79 Å². The van der Waals surface area contributed by atoms with Crippen LogP contribution in [0, 0.1) is 0 Å². The first kappa shape index (κ1) is 14.5. The van der Waals surface area contributed by atoms with Crippen molar-refractivity contribution in [1.82, 2.24) is 14.9 Å². The zero-order valence-electron chi connectivity index (χ0n) is 11.1. The van der Waals surface area contributed by atoms with Gasteiger partial charge in [-0.15, -0.1) is 0 Å². The zero-order valence-corrected chi connectivity index (χ0v) is 12.7. The average molecular weight is 299 g/mol. The molecule has 19 heavy (non-hydrogen) atoms. The lowest BCUT2D eigenvalue weighted by molar-refractivity contribution is -0.127. The summed E-state index contributed by atoms with van der Waals surface area (Å²) in [5.74, 6) is 1.92. The van der Waals surface area contributed by atoms with Gasteiger partial charge in [0.1, 0.15) is 0 Å². The van der Waals surface area contributed by atoms with Crippen molar-refractivity contribution >= 4 is 29.4 Å². The number of nitrogens with zero attached hydrogens (tertiary/aromatic N) is 2. The molecular formula is C12H17N3O2S2. The second-order valence-electron chi connectivity index (χ2n) is 4.14. The van der Waals surface area contributed by atoms with Crippen molar-refractivity contribution in [2.45, 2.75) is 30.5 Å². The summed E-state index contributed by atoms with van der Waals surface area (Å²) < 4.78 is 0. The molecule has 0 aromatic carbocycles. The van der Waals surface area contributed by atoms with Gasteiger partial charge in [-0.3, -0.25) is 9.59 Å². The first-order valence-corrected chi connectivity index (χ1v) is 8.40. The number of aromatic nitrogens is 2. The Morgan fingerprint density at radius 3 is 2.84 bits per heavy atom. The van der Waals surface area contributed by atoms with Crippen LogP contribution < -0.4 is 5.56 Å². The quantitative estimate of drug-likeness (QED) is 0.659. The number of fused-ring (bicyclic) bond motifs is 1. The summed E-state index contributed by atoms with van der Waals surface area (Å²) in [4.78, 5) is 32.6. The molecule has 0 spiro atoms. The predicted molar refractivity (Wildman–Crippen MR) is 78.5 cm³/mol. The van der Waals surface area contributed by atoms with E-state index in [0.717, 1.165) is 22.8 Å². The van der Waals surface area contributed by atoms with Crippen molar-refractivity contribution in [2.75, 3.05) is 18.8 Å². The van der Waals surface area contributed by atoms with E-state index in [4.69, 9.17) is 0 Å². The van der Waals surface area contributed by atoms with E-state index in [-0.39, 0.29) is 11.5 Å². The number of nitrogens with one attached hydrogen (secondary N) is 1. The minimum Gasteiger partial charge on any atom is -0.343 e. The van der Waals surface area contributed by atoms with E-state index in [1.54, 1.807) is 16.7 Å². The van der Waals surface area contributed by atoms with Gasteiger partial charge in [0.05, 0.1) is 11.4 Å². The monoisotopic (exact) mass is 299 g/mol. The van der Waals surface area contributed by atoms with Crippen molar-refractivity contribution in [3.05, 3.63) is 21.6 Å². The minimum atomic E-state index is -0.0622. The molecule has 0 atom stereocenters. The highest BCUT2D eigenvalue weighted by Gasteiger charge is 2.18. The summed E-state index contributed by atoms with van der Waals surface area (Å²) in [5.41, 5.74) is 1.59. The third-order valence-corrected chi connectivity index (χ3v) is 4.84. The van der Waals surface area contributed by atoms with Crippen LogP contribution in [0.15, 0.2) is 9.95 Å². The molecule has 1 amide bonds. The van der Waals surface area contributed by atoms with E-state index in [9.17, 15) is 9.59 Å². The van der Waals surface area contributed by atoms with Gasteiger partial charge in [0.2, 0.25) is 5.91 Å². The Balaban J connectivity index is 2.03. The van der Waals surface area contributed by atoms with Gasteiger partial charge in [0, 0.05) is 30.2 Å². The Kier molecular flexibility index (Phi) is 4.93. The molecule has 0 saturated heterocycles. The molecule has 0 bridgehead atoms. The fourth-order valence-corrected chi connectivity index (χ4v) is 3.72. The molecular weight excluding hydrogens is 282 g/mol. The summed E-state index contributed by atoms with van der Waals surface area (Å²) in [5, 5.41) is 0.548. The van der Waals surface area contributed by atoms with Gasteiger partial charge in [-0.05, 0) is 13.8 Å². The lowest BCUT2D eigenvalue weighted by Gasteiger charge is -2.17. The first-order valence-electron chi connectivity index (χ1n) is 6.26. The number of carbonyl (C=O) groups is 1. The van der Waals surface area contributed by atoms with Crippen LogP contribution in [0.2, 0.25) is 0 Å². The Labute approximate surface area is 120 Å². The first-order chi connectivity index (χ1) is 9.15. The van der Waals surface area contributed by atoms with E-state index in [2.05, 4.69) is 9.97 Å². The van der Waals surface area contributed by atoms with E-state index in [1.165, 1.54) is 11.8 Å². The molecule has 1 aromatic heterocycles. The molecule has 0 saturated carbocycles. The second-order valence-corrected chi connectivity index (χ2v) is 6.09. The molecule has 1 aliphatic rings. The SMILES string of the molecule is CCN(CC)C(=O)CSc1nc2c(c(=O)[nH]1)CSC2. The average Bonchev–Trinajstić information content (AvgIpc) is 2.86. The zero-order chi connectivity index (χ0) is 13.8. The Morgan fingerprint density at radius 2 is 2.16 bits per heavy atom. The summed E-state index contributed by atoms with van der Waals surface area (Å²) in [6.45, 7) is 5.33. The molecule has 0 fully saturated rings. The standard InChI is InChI=1S/C12H17N3O2S2/c1-3-15(4-2)10(16)7-19-12-13-9-6-18-5-8(9)11(17)14-12/h3-7H2,1-2H3,(H,13,14,17). The number of thioether (sulfide) groups is 2. The van der Waals surface area contributed by atoms with Crippen molar-refractivity contribution in [1.29, 1.82) is 0 Å². The maximum Gasteiger partial charge on any atom is 0.255 e. The van der Waals surface area contributed by atoms with Crippen LogP contribution in [0.1, 0.15) is 25.1 Å². The number of rotatable bonds is 5. The summed E-state index contributed by atoms with van der Waals surface area (Å²) in [6, 6.07) is 0. The van der Waals surface area contributed by atoms with Crippen LogP contribution >= 0.6 is 23.5 Å². The number of H-pyrrole nitrogens is 1. The maximum atomic E-state index is 11.9. The Morgan fingerprint density at radius 1 is 1.42 bits per heavy atom. The highest BCUT2D eigenvalue weighted by atomic mass is 32.2. The molecule has 2 rings (SSSR count). The number of aromatic amines is 1. The Hall–Kier alpha value is -0.950. The van der Waals surface area contributed by atoms with E-state index < -0.39 is 0 Å². The molecule has 2 heterocycles. The predicted octanol–water partition coefficient (Wildman–Crippen LogP) is 1.48. The molecule has 5 nitrogen and oxygen atoms in total. The molecule has 0 unspecified atom stereocenters. The lowest BCUT2D eigenvalue weighted by atomic mass is 10.3. The fourth-order valence-electron chi connectivity index (χ4n) is 1.91. The van der Waals surface area contributed by atoms with Crippen LogP contribution in [-0.2, 0) is 16.3 Å². The molecule has 1 aliphatic heterocycles. The van der Waals surface area contributed by atoms with Gasteiger partial charge in [0.25, 0.3) is 5.56 Å². The van der Waals surface area contributed by atoms with Crippen LogP contribution in [0.3, 0.4) is 0 Å². The van der Waals surface area contributed by atoms with Gasteiger partial charge in [-0.1, -0.05) is 11.8 Å². The third-order valence-electron chi connectivity index (χ3n) is 3.01. The molecule has 1 aromatic rings. The molecule has 1 N–H and O–H groups in total. The van der Waals surface area contributed by atoms with Gasteiger partial charge in [0.15, 0.2) is 5.16 Å². The maximum absolute atomic E-state index is 11.9. The third kappa shape index (κ3) is 3.33. The Bertz CT molecular complexity index is 526. The van der Waals surface area contributed by atoms with E-state index in [0.29, 0.717) is 24.0 Å². The summed E-state index contributed by atoms with van der Waals surface area (Å²) in [7, 11) is 0. The lowest BCUT2D eigenvalue weighted by Crippen LogP contribution is -2.32. The second kappa shape index (κ2) is 6.47. The fraction of sp³-hybridized carbons (Fsp3) is 0.583. The van der Waals surface area contributed by atoms with E-state index >= 15 is 0 Å². The van der Waals surface area contributed by atoms with Crippen LogP contribution in [-0.4, -0.2) is 39.6 Å². The van der Waals surface area contributed by atoms with Gasteiger partial charge in [-0.2, -0.15) is 11.8 Å². The molecule has 0 radical (unpaired) electrons. The van der Waals surface area contributed by atoms with Gasteiger partial charge >= 0.3 is 0 Å². The topological polar surface area (TPSA) is 66.1 Å². The minimum absolute atomic E-state index is 0.0622. The largest absolute Gasteiger partial charge is 0.343 e. The highest BCUT2D eigenvalue weighted by Crippen LogP contribution is 2.26. The normalized spacial score (nSPS) is 13.4. The summed E-state index contributed by atoms with van der Waals surface area (Å²) in [6.07, 6.45) is 0. The number of amides is 1. The van der Waals surface area contributed by atoms with Crippen molar-refractivity contribution in [3.8, 4) is 0 Å². The smallest absolute Gasteiger partial charge is 0.255 e. The molecule has 104 valence electrons. The van der Waals surface area contributed by atoms with Gasteiger partial charge in [-0.25, -0.2) is 4.98 Å². The molecule has 7 heteroatoms.